The summed E-state index contributed by atoms with van der Waals surface area (Å²) in [5.74, 6) is 2.19. The lowest BCUT2D eigenvalue weighted by molar-refractivity contribution is 0.432. The molecule has 0 saturated heterocycles. The molecule has 3 heterocycles. The number of hydrogen-bond donors (Lipinski definition) is 0. The van der Waals surface area contributed by atoms with E-state index in [-0.39, 0.29) is 5.82 Å². The number of furan rings is 1. The van der Waals surface area contributed by atoms with Crippen LogP contribution in [0.1, 0.15) is 12.2 Å². The Morgan fingerprint density at radius 1 is 1.07 bits per heavy atom. The Balaban J connectivity index is 1.40. The van der Waals surface area contributed by atoms with Crippen LogP contribution >= 0.6 is 0 Å². The van der Waals surface area contributed by atoms with Crippen LogP contribution in [0.3, 0.4) is 0 Å². The summed E-state index contributed by atoms with van der Waals surface area (Å²) >= 11 is 0. The molecule has 0 unspecified atom stereocenters. The molecule has 0 aliphatic rings. The predicted octanol–water partition coefficient (Wildman–Crippen LogP) is 4.60. The summed E-state index contributed by atoms with van der Waals surface area (Å²) in [6.45, 7) is 0.858. The highest BCUT2D eigenvalue weighted by Crippen LogP contribution is 2.23. The maximum absolute atomic E-state index is 13.4. The molecule has 0 spiro atoms. The van der Waals surface area contributed by atoms with E-state index < -0.39 is 0 Å². The fraction of sp³-hybridized carbons (Fsp3) is 0.190. The van der Waals surface area contributed by atoms with Crippen molar-refractivity contribution in [3.63, 3.8) is 0 Å². The third kappa shape index (κ3) is 4.09. The first-order chi connectivity index (χ1) is 13.7. The van der Waals surface area contributed by atoms with Gasteiger partial charge in [0.15, 0.2) is 0 Å². The smallest absolute Gasteiger partial charge is 0.259 e. The van der Waals surface area contributed by atoms with Gasteiger partial charge in [0.25, 0.3) is 5.89 Å². The zero-order chi connectivity index (χ0) is 19.3. The molecule has 7 heteroatoms. The fourth-order valence-corrected chi connectivity index (χ4v) is 2.88. The second kappa shape index (κ2) is 8.04. The minimum Gasteiger partial charge on any atom is -0.469 e. The van der Waals surface area contributed by atoms with E-state index in [1.807, 2.05) is 31.3 Å². The highest BCUT2D eigenvalue weighted by molar-refractivity contribution is 5.60. The number of halogens is 1. The molecule has 0 saturated carbocycles. The van der Waals surface area contributed by atoms with Crippen molar-refractivity contribution in [2.45, 2.75) is 12.8 Å². The molecule has 0 bridgehead atoms. The van der Waals surface area contributed by atoms with E-state index in [0.717, 1.165) is 31.0 Å². The van der Waals surface area contributed by atoms with Crippen LogP contribution in [-0.4, -0.2) is 28.7 Å². The highest BCUT2D eigenvalue weighted by Gasteiger charge is 2.12. The Morgan fingerprint density at radius 2 is 2.00 bits per heavy atom. The first kappa shape index (κ1) is 17.9. The van der Waals surface area contributed by atoms with Gasteiger partial charge >= 0.3 is 0 Å². The first-order valence-corrected chi connectivity index (χ1v) is 8.98. The maximum Gasteiger partial charge on any atom is 0.259 e. The largest absolute Gasteiger partial charge is 0.469 e. The summed E-state index contributed by atoms with van der Waals surface area (Å²) in [4.78, 5) is 10.9. The van der Waals surface area contributed by atoms with Crippen LogP contribution in [0.5, 0.6) is 0 Å². The number of aryl methyl sites for hydroxylation is 1. The van der Waals surface area contributed by atoms with Crippen molar-refractivity contribution >= 4 is 5.82 Å². The van der Waals surface area contributed by atoms with Crippen LogP contribution < -0.4 is 4.90 Å². The molecule has 0 aliphatic carbocycles. The number of pyridine rings is 1. The normalized spacial score (nSPS) is 10.9. The lowest BCUT2D eigenvalue weighted by Gasteiger charge is -2.17. The van der Waals surface area contributed by atoms with Crippen LogP contribution in [0.25, 0.3) is 22.8 Å². The molecule has 0 aliphatic heterocycles. The Bertz CT molecular complexity index is 1030. The number of benzene rings is 1. The van der Waals surface area contributed by atoms with Crippen molar-refractivity contribution in [3.8, 4) is 22.8 Å². The number of nitrogens with zero attached hydrogens (tertiary/aromatic N) is 4. The molecule has 142 valence electrons. The second-order valence-corrected chi connectivity index (χ2v) is 6.44. The topological polar surface area (TPSA) is 68.2 Å². The lowest BCUT2D eigenvalue weighted by Crippen LogP contribution is -2.20. The third-order valence-corrected chi connectivity index (χ3v) is 4.39. The summed E-state index contributed by atoms with van der Waals surface area (Å²) in [6, 6.07) is 13.8. The minimum atomic E-state index is -0.343. The SMILES string of the molecule is CN(CCCc1ccco1)c1ccc(-c2nc(-c3cccc(F)c3)no2)cn1. The van der Waals surface area contributed by atoms with Crippen molar-refractivity contribution < 1.29 is 13.3 Å². The van der Waals surface area contributed by atoms with Gasteiger partial charge in [0.2, 0.25) is 5.82 Å². The Morgan fingerprint density at radius 3 is 2.75 bits per heavy atom. The first-order valence-electron chi connectivity index (χ1n) is 8.98. The number of aromatic nitrogens is 3. The van der Waals surface area contributed by atoms with Gasteiger partial charge in [-0.2, -0.15) is 4.98 Å². The molecule has 3 aromatic heterocycles. The summed E-state index contributed by atoms with van der Waals surface area (Å²) in [5.41, 5.74) is 1.28. The Labute approximate surface area is 161 Å². The van der Waals surface area contributed by atoms with Crippen LogP contribution in [0.2, 0.25) is 0 Å². The molecular weight excluding hydrogens is 359 g/mol. The average molecular weight is 378 g/mol. The van der Waals surface area contributed by atoms with Gasteiger partial charge in [0, 0.05) is 31.8 Å². The van der Waals surface area contributed by atoms with Gasteiger partial charge < -0.3 is 13.8 Å². The van der Waals surface area contributed by atoms with Gasteiger partial charge in [-0.05, 0) is 42.8 Å². The van der Waals surface area contributed by atoms with E-state index in [1.165, 1.54) is 12.1 Å². The molecule has 28 heavy (non-hydrogen) atoms. The van der Waals surface area contributed by atoms with E-state index in [2.05, 4.69) is 20.0 Å². The van der Waals surface area contributed by atoms with E-state index in [0.29, 0.717) is 22.8 Å². The molecule has 4 aromatic rings. The standard InChI is InChI=1S/C21H19FN4O2/c1-26(11-3-7-18-8-4-12-27-18)19-10-9-16(14-23-19)21-24-20(25-28-21)15-5-2-6-17(22)13-15/h2,4-6,8-10,12-14H,3,7,11H2,1H3. The van der Waals surface area contributed by atoms with Gasteiger partial charge in [-0.1, -0.05) is 17.3 Å². The van der Waals surface area contributed by atoms with Crippen molar-refractivity contribution in [3.05, 3.63) is 72.6 Å². The van der Waals surface area contributed by atoms with Gasteiger partial charge in [0.05, 0.1) is 11.8 Å². The number of rotatable bonds is 7. The van der Waals surface area contributed by atoms with Crippen LogP contribution in [0.4, 0.5) is 10.2 Å². The number of hydrogen-bond acceptors (Lipinski definition) is 6. The summed E-state index contributed by atoms with van der Waals surface area (Å²) in [7, 11) is 2.00. The van der Waals surface area contributed by atoms with Crippen molar-refractivity contribution in [2.24, 2.45) is 0 Å². The molecule has 6 nitrogen and oxygen atoms in total. The molecular formula is C21H19FN4O2. The summed E-state index contributed by atoms with van der Waals surface area (Å²) in [6.07, 6.45) is 5.24. The highest BCUT2D eigenvalue weighted by atomic mass is 19.1. The van der Waals surface area contributed by atoms with Crippen molar-refractivity contribution in [2.75, 3.05) is 18.5 Å². The van der Waals surface area contributed by atoms with Gasteiger partial charge in [-0.3, -0.25) is 0 Å². The van der Waals surface area contributed by atoms with Crippen LogP contribution in [0, 0.1) is 5.82 Å². The quantitative estimate of drug-likeness (QED) is 0.468. The lowest BCUT2D eigenvalue weighted by atomic mass is 10.2. The molecule has 4 rings (SSSR count). The molecule has 0 N–H and O–H groups in total. The molecule has 0 fully saturated rings. The van der Waals surface area contributed by atoms with E-state index in [1.54, 1.807) is 24.6 Å². The van der Waals surface area contributed by atoms with Gasteiger partial charge in [0.1, 0.15) is 17.4 Å². The average Bonchev–Trinajstić information content (AvgIpc) is 3.40. The van der Waals surface area contributed by atoms with E-state index >= 15 is 0 Å². The van der Waals surface area contributed by atoms with E-state index in [9.17, 15) is 4.39 Å². The van der Waals surface area contributed by atoms with E-state index in [4.69, 9.17) is 8.94 Å². The van der Waals surface area contributed by atoms with Crippen molar-refractivity contribution in [1.29, 1.82) is 0 Å². The molecule has 0 radical (unpaired) electrons. The summed E-state index contributed by atoms with van der Waals surface area (Å²) in [5, 5.41) is 3.93. The Hall–Kier alpha value is -3.48. The minimum absolute atomic E-state index is 0.341. The van der Waals surface area contributed by atoms with Crippen LogP contribution in [-0.2, 0) is 6.42 Å². The monoisotopic (exact) mass is 378 g/mol. The molecule has 0 amide bonds. The molecule has 0 atom stereocenters. The maximum atomic E-state index is 13.4. The second-order valence-electron chi connectivity index (χ2n) is 6.44. The predicted molar refractivity (Wildman–Crippen MR) is 103 cm³/mol. The van der Waals surface area contributed by atoms with Gasteiger partial charge in [-0.15, -0.1) is 0 Å². The third-order valence-electron chi connectivity index (χ3n) is 4.39. The zero-order valence-corrected chi connectivity index (χ0v) is 15.4. The molecule has 1 aromatic carbocycles. The Kier molecular flexibility index (Phi) is 5.14. The van der Waals surface area contributed by atoms with Gasteiger partial charge in [-0.25, -0.2) is 9.37 Å². The van der Waals surface area contributed by atoms with Crippen molar-refractivity contribution in [1.82, 2.24) is 15.1 Å². The van der Waals surface area contributed by atoms with Crippen LogP contribution in [0.15, 0.2) is 69.9 Å². The number of anilines is 1. The summed E-state index contributed by atoms with van der Waals surface area (Å²) < 4.78 is 24.0. The fourth-order valence-electron chi connectivity index (χ4n) is 2.88. The zero-order valence-electron chi connectivity index (χ0n) is 15.4.